The van der Waals surface area contributed by atoms with Gasteiger partial charge >= 0.3 is 0 Å². The molecule has 3 rings (SSSR count). The van der Waals surface area contributed by atoms with E-state index in [4.69, 9.17) is 9.73 Å². The molecule has 0 amide bonds. The monoisotopic (exact) mass is 322 g/mol. The highest BCUT2D eigenvalue weighted by Crippen LogP contribution is 2.38. The van der Waals surface area contributed by atoms with Gasteiger partial charge in [-0.05, 0) is 51.6 Å². The van der Waals surface area contributed by atoms with E-state index in [2.05, 4.69) is 29.0 Å². The molecule has 0 aromatic carbocycles. The van der Waals surface area contributed by atoms with Crippen LogP contribution in [-0.4, -0.2) is 74.8 Å². The molecule has 3 saturated heterocycles. The summed E-state index contributed by atoms with van der Waals surface area (Å²) in [7, 11) is 0. The van der Waals surface area contributed by atoms with Crippen molar-refractivity contribution in [2.45, 2.75) is 39.5 Å². The Hall–Kier alpha value is -0.810. The van der Waals surface area contributed by atoms with E-state index in [0.717, 1.165) is 57.8 Å². The van der Waals surface area contributed by atoms with Gasteiger partial charge in [0.25, 0.3) is 0 Å². The summed E-state index contributed by atoms with van der Waals surface area (Å²) in [5.41, 5.74) is 0.402. The van der Waals surface area contributed by atoms with Crippen molar-refractivity contribution in [1.82, 2.24) is 15.1 Å². The first-order valence-electron chi connectivity index (χ1n) is 9.54. The van der Waals surface area contributed by atoms with E-state index in [1.165, 1.54) is 38.8 Å². The number of hydrogen-bond donors (Lipinski definition) is 1. The number of likely N-dealkylation sites (tertiary alicyclic amines) is 2. The van der Waals surface area contributed by atoms with Crippen molar-refractivity contribution in [3.8, 4) is 0 Å². The SMILES string of the molecule is CCNC(=NCCN1CCC(C)CC1)N1CCC2(CCOC2)C1. The van der Waals surface area contributed by atoms with E-state index in [1.807, 2.05) is 0 Å². The Kier molecular flexibility index (Phi) is 5.81. The summed E-state index contributed by atoms with van der Waals surface area (Å²) in [5.74, 6) is 2.02. The number of rotatable bonds is 4. The molecule has 132 valence electrons. The summed E-state index contributed by atoms with van der Waals surface area (Å²) < 4.78 is 5.65. The van der Waals surface area contributed by atoms with E-state index in [-0.39, 0.29) is 0 Å². The van der Waals surface area contributed by atoms with Crippen molar-refractivity contribution in [2.24, 2.45) is 16.3 Å². The lowest BCUT2D eigenvalue weighted by Gasteiger charge is -2.30. The van der Waals surface area contributed by atoms with Crippen molar-refractivity contribution < 1.29 is 4.74 Å². The van der Waals surface area contributed by atoms with Crippen LogP contribution in [0.1, 0.15) is 39.5 Å². The fourth-order valence-electron chi connectivity index (χ4n) is 4.10. The summed E-state index contributed by atoms with van der Waals surface area (Å²) in [6.07, 6.45) is 5.16. The van der Waals surface area contributed by atoms with Gasteiger partial charge in [0, 0.05) is 38.2 Å². The van der Waals surface area contributed by atoms with Crippen LogP contribution in [0.5, 0.6) is 0 Å². The average Bonchev–Trinajstić information content (AvgIpc) is 3.19. The second-order valence-electron chi connectivity index (χ2n) is 7.73. The smallest absolute Gasteiger partial charge is 0.193 e. The maximum Gasteiger partial charge on any atom is 0.193 e. The minimum atomic E-state index is 0.402. The third-order valence-corrected chi connectivity index (χ3v) is 5.81. The molecule has 5 heteroatoms. The lowest BCUT2D eigenvalue weighted by Crippen LogP contribution is -2.42. The summed E-state index contributed by atoms with van der Waals surface area (Å²) in [6.45, 7) is 14.1. The van der Waals surface area contributed by atoms with Crippen molar-refractivity contribution in [2.75, 3.05) is 59.0 Å². The van der Waals surface area contributed by atoms with E-state index in [9.17, 15) is 0 Å². The molecule has 0 bridgehead atoms. The number of aliphatic imine (C=N–C) groups is 1. The zero-order chi connectivity index (χ0) is 16.1. The standard InChI is InChI=1S/C18H34N4O/c1-3-19-17(20-8-12-21-9-4-16(2)5-10-21)22-11-6-18(14-22)7-13-23-15-18/h16H,3-15H2,1-2H3,(H,19,20). The molecule has 1 spiro atoms. The lowest BCUT2D eigenvalue weighted by atomic mass is 9.87. The third kappa shape index (κ3) is 4.38. The van der Waals surface area contributed by atoms with Gasteiger partial charge in [-0.15, -0.1) is 0 Å². The molecule has 0 saturated carbocycles. The van der Waals surface area contributed by atoms with Crippen LogP contribution in [-0.2, 0) is 4.74 Å². The number of nitrogens with zero attached hydrogens (tertiary/aromatic N) is 3. The van der Waals surface area contributed by atoms with Crippen LogP contribution < -0.4 is 5.32 Å². The third-order valence-electron chi connectivity index (χ3n) is 5.81. The molecule has 0 aromatic rings. The highest BCUT2D eigenvalue weighted by molar-refractivity contribution is 5.80. The highest BCUT2D eigenvalue weighted by atomic mass is 16.5. The van der Waals surface area contributed by atoms with Crippen molar-refractivity contribution in [3.63, 3.8) is 0 Å². The quantitative estimate of drug-likeness (QED) is 0.633. The Labute approximate surface area is 141 Å². The van der Waals surface area contributed by atoms with Crippen LogP contribution in [0.4, 0.5) is 0 Å². The van der Waals surface area contributed by atoms with Crippen molar-refractivity contribution in [1.29, 1.82) is 0 Å². The summed E-state index contributed by atoms with van der Waals surface area (Å²) in [6, 6.07) is 0. The first-order chi connectivity index (χ1) is 11.2. The van der Waals surface area contributed by atoms with E-state index >= 15 is 0 Å². The largest absolute Gasteiger partial charge is 0.381 e. The Morgan fingerprint density at radius 3 is 2.78 bits per heavy atom. The van der Waals surface area contributed by atoms with Crippen LogP contribution in [0.2, 0.25) is 0 Å². The molecule has 0 aromatic heterocycles. The van der Waals surface area contributed by atoms with Crippen LogP contribution in [0.3, 0.4) is 0 Å². The molecular formula is C18H34N4O. The zero-order valence-corrected chi connectivity index (χ0v) is 15.0. The molecule has 3 aliphatic rings. The number of nitrogens with one attached hydrogen (secondary N) is 1. The minimum absolute atomic E-state index is 0.402. The van der Waals surface area contributed by atoms with Gasteiger partial charge < -0.3 is 19.9 Å². The number of hydrogen-bond acceptors (Lipinski definition) is 3. The fraction of sp³-hybridized carbons (Fsp3) is 0.944. The topological polar surface area (TPSA) is 40.1 Å². The van der Waals surface area contributed by atoms with Crippen LogP contribution in [0, 0.1) is 11.3 Å². The first-order valence-corrected chi connectivity index (χ1v) is 9.54. The molecule has 23 heavy (non-hydrogen) atoms. The Morgan fingerprint density at radius 1 is 1.26 bits per heavy atom. The second-order valence-corrected chi connectivity index (χ2v) is 7.73. The van der Waals surface area contributed by atoms with Crippen LogP contribution >= 0.6 is 0 Å². The van der Waals surface area contributed by atoms with Crippen LogP contribution in [0.25, 0.3) is 0 Å². The molecule has 3 fully saturated rings. The van der Waals surface area contributed by atoms with Crippen molar-refractivity contribution in [3.05, 3.63) is 0 Å². The molecule has 0 radical (unpaired) electrons. The van der Waals surface area contributed by atoms with E-state index in [0.29, 0.717) is 5.41 Å². The normalized spacial score (nSPS) is 30.5. The van der Waals surface area contributed by atoms with Gasteiger partial charge in [0.05, 0.1) is 13.2 Å². The zero-order valence-electron chi connectivity index (χ0n) is 15.0. The van der Waals surface area contributed by atoms with Gasteiger partial charge in [0.2, 0.25) is 0 Å². The van der Waals surface area contributed by atoms with Gasteiger partial charge in [0.1, 0.15) is 0 Å². The first kappa shape index (κ1) is 17.0. The molecule has 1 N–H and O–H groups in total. The Balaban J connectivity index is 1.49. The predicted molar refractivity (Wildman–Crippen MR) is 94.9 cm³/mol. The molecule has 3 heterocycles. The van der Waals surface area contributed by atoms with Crippen LogP contribution in [0.15, 0.2) is 4.99 Å². The van der Waals surface area contributed by atoms with Crippen molar-refractivity contribution >= 4 is 5.96 Å². The fourth-order valence-corrected chi connectivity index (χ4v) is 4.10. The molecular weight excluding hydrogens is 288 g/mol. The Morgan fingerprint density at radius 2 is 2.09 bits per heavy atom. The maximum atomic E-state index is 5.65. The summed E-state index contributed by atoms with van der Waals surface area (Å²) in [5, 5.41) is 3.49. The summed E-state index contributed by atoms with van der Waals surface area (Å²) in [4.78, 5) is 9.94. The molecule has 5 nitrogen and oxygen atoms in total. The minimum Gasteiger partial charge on any atom is -0.381 e. The van der Waals surface area contributed by atoms with Gasteiger partial charge in [0.15, 0.2) is 5.96 Å². The molecule has 1 unspecified atom stereocenters. The maximum absolute atomic E-state index is 5.65. The number of piperidine rings is 1. The number of ether oxygens (including phenoxy) is 1. The van der Waals surface area contributed by atoms with Gasteiger partial charge in [-0.25, -0.2) is 0 Å². The lowest BCUT2D eigenvalue weighted by molar-refractivity contribution is 0.156. The highest BCUT2D eigenvalue weighted by Gasteiger charge is 2.42. The van der Waals surface area contributed by atoms with Gasteiger partial charge in [-0.2, -0.15) is 0 Å². The molecule has 3 aliphatic heterocycles. The number of guanidine groups is 1. The van der Waals surface area contributed by atoms with E-state index in [1.54, 1.807) is 0 Å². The second kappa shape index (κ2) is 7.84. The molecule has 0 aliphatic carbocycles. The average molecular weight is 322 g/mol. The van der Waals surface area contributed by atoms with Gasteiger partial charge in [-0.1, -0.05) is 6.92 Å². The Bertz CT molecular complexity index is 398. The summed E-state index contributed by atoms with van der Waals surface area (Å²) >= 11 is 0. The van der Waals surface area contributed by atoms with Gasteiger partial charge in [-0.3, -0.25) is 4.99 Å². The van der Waals surface area contributed by atoms with E-state index < -0.39 is 0 Å². The molecule has 1 atom stereocenters. The predicted octanol–water partition coefficient (Wildman–Crippen LogP) is 1.80.